The van der Waals surface area contributed by atoms with Crippen molar-refractivity contribution in [3.63, 3.8) is 0 Å². The lowest BCUT2D eigenvalue weighted by atomic mass is 10.2. The molecule has 1 atom stereocenters. The number of carbonyl (C=O) groups excluding carboxylic acids is 1. The molecule has 0 aliphatic rings. The van der Waals surface area contributed by atoms with E-state index < -0.39 is 6.10 Å². The second kappa shape index (κ2) is 6.43. The number of hydrogen-bond donors (Lipinski definition) is 0. The van der Waals surface area contributed by atoms with Crippen LogP contribution in [-0.4, -0.2) is 30.5 Å². The molecule has 1 aromatic rings. The molecule has 18 heavy (non-hydrogen) atoms. The number of rotatable bonds is 5. The molecule has 0 aliphatic heterocycles. The van der Waals surface area contributed by atoms with Crippen molar-refractivity contribution < 1.29 is 9.53 Å². The van der Waals surface area contributed by atoms with E-state index in [1.54, 1.807) is 11.8 Å². The first-order valence-electron chi connectivity index (χ1n) is 6.38. The number of aryl methyl sites for hydroxylation is 1. The zero-order chi connectivity index (χ0) is 13.7. The predicted molar refractivity (Wildman–Crippen MR) is 73.7 cm³/mol. The zero-order valence-corrected chi connectivity index (χ0v) is 11.9. The second-order valence-corrected chi connectivity index (χ2v) is 5.19. The Morgan fingerprint density at radius 2 is 1.78 bits per heavy atom. The van der Waals surface area contributed by atoms with E-state index in [0.717, 1.165) is 12.3 Å². The third kappa shape index (κ3) is 4.40. The molecule has 0 aliphatic carbocycles. The number of ether oxygens (including phenoxy) is 1. The minimum atomic E-state index is -0.448. The Balaban J connectivity index is 2.56. The van der Waals surface area contributed by atoms with Gasteiger partial charge < -0.3 is 9.64 Å². The lowest BCUT2D eigenvalue weighted by Gasteiger charge is -2.23. The van der Waals surface area contributed by atoms with Crippen LogP contribution in [0.4, 0.5) is 0 Å². The Hall–Kier alpha value is -1.51. The summed E-state index contributed by atoms with van der Waals surface area (Å²) in [5.74, 6) is 1.22. The van der Waals surface area contributed by atoms with Gasteiger partial charge in [-0.15, -0.1) is 0 Å². The summed E-state index contributed by atoms with van der Waals surface area (Å²) < 4.78 is 5.64. The number of carbonyl (C=O) groups is 1. The molecular weight excluding hydrogens is 226 g/mol. The zero-order valence-electron chi connectivity index (χ0n) is 11.9. The molecule has 0 aromatic heterocycles. The fourth-order valence-corrected chi connectivity index (χ4v) is 1.82. The lowest BCUT2D eigenvalue weighted by molar-refractivity contribution is -0.137. The number of likely N-dealkylation sites (N-methyl/N-ethyl adjacent to an activating group) is 1. The van der Waals surface area contributed by atoms with Gasteiger partial charge >= 0.3 is 0 Å². The Morgan fingerprint density at radius 3 is 2.28 bits per heavy atom. The van der Waals surface area contributed by atoms with Crippen molar-refractivity contribution >= 4 is 5.91 Å². The first-order chi connectivity index (χ1) is 8.40. The van der Waals surface area contributed by atoms with Crippen molar-refractivity contribution in [3.8, 4) is 5.75 Å². The van der Waals surface area contributed by atoms with Gasteiger partial charge in [-0.1, -0.05) is 31.5 Å². The van der Waals surface area contributed by atoms with Crippen LogP contribution in [0.2, 0.25) is 0 Å². The van der Waals surface area contributed by atoms with Crippen LogP contribution in [0, 0.1) is 12.8 Å². The molecule has 0 heterocycles. The van der Waals surface area contributed by atoms with Crippen LogP contribution in [0.15, 0.2) is 24.3 Å². The van der Waals surface area contributed by atoms with Crippen LogP contribution in [0.25, 0.3) is 0 Å². The van der Waals surface area contributed by atoms with Gasteiger partial charge in [-0.2, -0.15) is 0 Å². The molecule has 100 valence electrons. The maximum Gasteiger partial charge on any atom is 0.263 e. The van der Waals surface area contributed by atoms with Gasteiger partial charge in [0.1, 0.15) is 5.75 Å². The van der Waals surface area contributed by atoms with Gasteiger partial charge in [-0.05, 0) is 31.9 Å². The van der Waals surface area contributed by atoms with Crippen molar-refractivity contribution in [2.75, 3.05) is 13.6 Å². The number of hydrogen-bond acceptors (Lipinski definition) is 2. The summed E-state index contributed by atoms with van der Waals surface area (Å²) in [6.45, 7) is 8.75. The van der Waals surface area contributed by atoms with Gasteiger partial charge in [-0.3, -0.25) is 4.79 Å². The van der Waals surface area contributed by atoms with Crippen LogP contribution in [0.3, 0.4) is 0 Å². The maximum absolute atomic E-state index is 12.1. The van der Waals surface area contributed by atoms with Crippen LogP contribution in [0.1, 0.15) is 26.3 Å². The van der Waals surface area contributed by atoms with E-state index in [4.69, 9.17) is 4.74 Å². The molecule has 0 fully saturated rings. The largest absolute Gasteiger partial charge is 0.481 e. The first kappa shape index (κ1) is 14.6. The van der Waals surface area contributed by atoms with Crippen LogP contribution < -0.4 is 4.74 Å². The van der Waals surface area contributed by atoms with Crippen molar-refractivity contribution in [2.24, 2.45) is 5.92 Å². The molecule has 3 nitrogen and oxygen atoms in total. The Labute approximate surface area is 110 Å². The van der Waals surface area contributed by atoms with Crippen molar-refractivity contribution in [2.45, 2.75) is 33.8 Å². The van der Waals surface area contributed by atoms with Gasteiger partial charge in [0.2, 0.25) is 0 Å². The van der Waals surface area contributed by atoms with Crippen LogP contribution >= 0.6 is 0 Å². The third-order valence-electron chi connectivity index (χ3n) is 2.70. The summed E-state index contributed by atoms with van der Waals surface area (Å²) in [5.41, 5.74) is 1.18. The summed E-state index contributed by atoms with van der Waals surface area (Å²) in [6.07, 6.45) is -0.448. The van der Waals surface area contributed by atoms with Gasteiger partial charge in [-0.25, -0.2) is 0 Å². The maximum atomic E-state index is 12.1. The fourth-order valence-electron chi connectivity index (χ4n) is 1.82. The summed E-state index contributed by atoms with van der Waals surface area (Å²) >= 11 is 0. The second-order valence-electron chi connectivity index (χ2n) is 5.19. The highest BCUT2D eigenvalue weighted by atomic mass is 16.5. The molecule has 0 spiro atoms. The topological polar surface area (TPSA) is 29.5 Å². The SMILES string of the molecule is Cc1ccc(OC(C)C(=O)N(C)CC(C)C)cc1. The third-order valence-corrected chi connectivity index (χ3v) is 2.70. The molecule has 0 bridgehead atoms. The van der Waals surface area contributed by atoms with Crippen LogP contribution in [0.5, 0.6) is 5.75 Å². The molecule has 0 N–H and O–H groups in total. The van der Waals surface area contributed by atoms with E-state index >= 15 is 0 Å². The summed E-state index contributed by atoms with van der Waals surface area (Å²) in [4.78, 5) is 13.8. The molecule has 1 rings (SSSR count). The van der Waals surface area contributed by atoms with Crippen molar-refractivity contribution in [3.05, 3.63) is 29.8 Å². The Kier molecular flexibility index (Phi) is 5.20. The molecule has 0 saturated carbocycles. The van der Waals surface area contributed by atoms with Gasteiger partial charge in [0.15, 0.2) is 6.10 Å². The smallest absolute Gasteiger partial charge is 0.263 e. The normalized spacial score (nSPS) is 12.3. The Morgan fingerprint density at radius 1 is 1.22 bits per heavy atom. The summed E-state index contributed by atoms with van der Waals surface area (Å²) in [7, 11) is 1.82. The van der Waals surface area contributed by atoms with Crippen molar-refractivity contribution in [1.82, 2.24) is 4.90 Å². The molecular formula is C15H23NO2. The number of benzene rings is 1. The molecule has 0 saturated heterocycles. The van der Waals surface area contributed by atoms with E-state index in [2.05, 4.69) is 13.8 Å². The average molecular weight is 249 g/mol. The quantitative estimate of drug-likeness (QED) is 0.803. The van der Waals surface area contributed by atoms with E-state index in [1.807, 2.05) is 38.2 Å². The van der Waals surface area contributed by atoms with Gasteiger partial charge in [0, 0.05) is 13.6 Å². The highest BCUT2D eigenvalue weighted by molar-refractivity contribution is 5.80. The van der Waals surface area contributed by atoms with Gasteiger partial charge in [0.25, 0.3) is 5.91 Å². The molecule has 3 heteroatoms. The summed E-state index contributed by atoms with van der Waals surface area (Å²) in [6, 6.07) is 7.73. The highest BCUT2D eigenvalue weighted by Gasteiger charge is 2.19. The van der Waals surface area contributed by atoms with E-state index in [1.165, 1.54) is 5.56 Å². The number of amides is 1. The summed E-state index contributed by atoms with van der Waals surface area (Å²) in [5, 5.41) is 0. The van der Waals surface area contributed by atoms with Gasteiger partial charge in [0.05, 0.1) is 0 Å². The monoisotopic (exact) mass is 249 g/mol. The highest BCUT2D eigenvalue weighted by Crippen LogP contribution is 2.14. The van der Waals surface area contributed by atoms with E-state index in [-0.39, 0.29) is 5.91 Å². The fraction of sp³-hybridized carbons (Fsp3) is 0.533. The predicted octanol–water partition coefficient (Wildman–Crippen LogP) is 2.88. The average Bonchev–Trinajstić information content (AvgIpc) is 2.30. The van der Waals surface area contributed by atoms with E-state index in [0.29, 0.717) is 5.92 Å². The molecule has 1 unspecified atom stereocenters. The minimum Gasteiger partial charge on any atom is -0.481 e. The molecule has 1 amide bonds. The number of nitrogens with zero attached hydrogens (tertiary/aromatic N) is 1. The first-order valence-corrected chi connectivity index (χ1v) is 6.38. The standard InChI is InChI=1S/C15H23NO2/c1-11(2)10-16(5)15(17)13(4)18-14-8-6-12(3)7-9-14/h6-9,11,13H,10H2,1-5H3. The molecule has 1 aromatic carbocycles. The minimum absolute atomic E-state index is 0.0178. The molecule has 0 radical (unpaired) electrons. The Bertz CT molecular complexity index is 384. The van der Waals surface area contributed by atoms with Crippen LogP contribution in [-0.2, 0) is 4.79 Å². The lowest BCUT2D eigenvalue weighted by Crippen LogP contribution is -2.39. The van der Waals surface area contributed by atoms with Crippen molar-refractivity contribution in [1.29, 1.82) is 0 Å². The van der Waals surface area contributed by atoms with E-state index in [9.17, 15) is 4.79 Å².